The number of hydrogen-bond donors (Lipinski definition) is 4. The summed E-state index contributed by atoms with van der Waals surface area (Å²) in [7, 11) is 0. The van der Waals surface area contributed by atoms with Crippen molar-refractivity contribution in [1.82, 2.24) is 23.8 Å². The van der Waals surface area contributed by atoms with Crippen molar-refractivity contribution in [1.29, 1.82) is 0 Å². The van der Waals surface area contributed by atoms with Crippen LogP contribution in [0.4, 0.5) is 10.3 Å². The summed E-state index contributed by atoms with van der Waals surface area (Å²) in [6.07, 6.45) is 1.93. The first-order valence-corrected chi connectivity index (χ1v) is 12.4. The van der Waals surface area contributed by atoms with Gasteiger partial charge in [0.1, 0.15) is 17.4 Å². The van der Waals surface area contributed by atoms with Crippen molar-refractivity contribution in [2.45, 2.75) is 57.4 Å². The molecule has 0 aliphatic carbocycles. The zero-order valence-corrected chi connectivity index (χ0v) is 20.4. The molecule has 182 valence electrons. The van der Waals surface area contributed by atoms with E-state index in [9.17, 15) is 14.4 Å². The Morgan fingerprint density at radius 2 is 2.15 bits per heavy atom. The third-order valence-corrected chi connectivity index (χ3v) is 7.53. The fourth-order valence-corrected chi connectivity index (χ4v) is 5.57. The summed E-state index contributed by atoms with van der Waals surface area (Å²) in [5.41, 5.74) is 2.72. The van der Waals surface area contributed by atoms with Gasteiger partial charge in [-0.05, 0) is 44.7 Å². The maximum atomic E-state index is 15.3. The first-order chi connectivity index (χ1) is 16.3. The second-order valence-electron chi connectivity index (χ2n) is 8.98. The van der Waals surface area contributed by atoms with Crippen LogP contribution in [-0.2, 0) is 18.3 Å². The Balaban J connectivity index is 1.58. The van der Waals surface area contributed by atoms with Crippen molar-refractivity contribution < 1.29 is 18.8 Å². The van der Waals surface area contributed by atoms with Crippen molar-refractivity contribution in [2.75, 3.05) is 18.4 Å². The van der Waals surface area contributed by atoms with E-state index in [-0.39, 0.29) is 47.0 Å². The van der Waals surface area contributed by atoms with Crippen molar-refractivity contribution in [2.24, 2.45) is 0 Å². The molecule has 0 bridgehead atoms. The molecule has 3 N–H and O–H groups in total. The maximum absolute atomic E-state index is 15.3. The van der Waals surface area contributed by atoms with E-state index < -0.39 is 18.0 Å². The van der Waals surface area contributed by atoms with Crippen molar-refractivity contribution in [3.8, 4) is 11.3 Å². The summed E-state index contributed by atoms with van der Waals surface area (Å²) in [6.45, 7) is 4.48. The molecule has 2 aliphatic rings. The smallest absolute Gasteiger partial charge is 0.223 e. The average Bonchev–Trinajstić information content (AvgIpc) is 3.23. The number of nitrogens with one attached hydrogen (secondary N) is 1. The van der Waals surface area contributed by atoms with Gasteiger partial charge in [-0.1, -0.05) is 11.6 Å². The maximum Gasteiger partial charge on any atom is 0.223 e. The number of aliphatic hydroxyl groups excluding tert-OH is 2. The number of benzene rings is 1. The predicted molar refractivity (Wildman–Crippen MR) is 129 cm³/mol. The fourth-order valence-electron chi connectivity index (χ4n) is 4.95. The molecule has 2 aliphatic heterocycles. The highest BCUT2D eigenvalue weighted by Crippen LogP contribution is 2.41. The Morgan fingerprint density at radius 1 is 1.35 bits per heavy atom. The van der Waals surface area contributed by atoms with E-state index in [0.717, 1.165) is 12.0 Å². The predicted octanol–water partition coefficient (Wildman–Crippen LogP) is 2.55. The van der Waals surface area contributed by atoms with Crippen molar-refractivity contribution >= 4 is 40.4 Å². The highest BCUT2D eigenvalue weighted by molar-refractivity contribution is 7.63. The summed E-state index contributed by atoms with van der Waals surface area (Å²) in [4.78, 5) is 13.3. The first kappa shape index (κ1) is 23.6. The molecule has 1 saturated heterocycles. The SMILES string of the molecule is C[C@@H]1CCc2c(-c3nc(N[C@@H]4CCN([SH]=O)C[C@H]4O)ncc3Cl)cc(F)c3nc([C@@H](C)O)n1c23. The number of piperidine rings is 1. The van der Waals surface area contributed by atoms with E-state index >= 15 is 4.39 Å². The molecule has 4 heterocycles. The number of imidazole rings is 1. The first-order valence-electron chi connectivity index (χ1n) is 11.3. The molecule has 4 atom stereocenters. The summed E-state index contributed by atoms with van der Waals surface area (Å²) in [5, 5.41) is 24.1. The Hall–Kier alpha value is -2.18. The molecule has 1 fully saturated rings. The Bertz CT molecular complexity index is 1270. The number of thiol groups is 1. The van der Waals surface area contributed by atoms with E-state index in [1.165, 1.54) is 12.3 Å². The molecule has 3 aromatic rings. The van der Waals surface area contributed by atoms with Gasteiger partial charge in [0.2, 0.25) is 5.95 Å². The summed E-state index contributed by atoms with van der Waals surface area (Å²) >= 11 is 6.37. The number of nitrogens with zero attached hydrogens (tertiary/aromatic N) is 5. The quantitative estimate of drug-likeness (QED) is 0.391. The molecule has 0 unspecified atom stereocenters. The number of β-amino-alcohol motifs (C(OH)–C–C–N with tert-alkyl or cyclic N) is 1. The third kappa shape index (κ3) is 3.99. The monoisotopic (exact) mass is 508 g/mol. The largest absolute Gasteiger partial charge is 0.390 e. The van der Waals surface area contributed by atoms with Crippen LogP contribution in [0.25, 0.3) is 22.3 Å². The highest BCUT2D eigenvalue weighted by Gasteiger charge is 2.31. The number of aromatic nitrogens is 4. The van der Waals surface area contributed by atoms with Crippen LogP contribution in [0.15, 0.2) is 12.3 Å². The molecule has 9 nitrogen and oxygen atoms in total. The van der Waals surface area contributed by atoms with Gasteiger partial charge in [-0.3, -0.25) is 0 Å². The minimum Gasteiger partial charge on any atom is -0.390 e. The highest BCUT2D eigenvalue weighted by atomic mass is 35.5. The number of anilines is 1. The van der Waals surface area contributed by atoms with Crippen molar-refractivity contribution in [3.05, 3.63) is 34.5 Å². The molecule has 1 aromatic carbocycles. The summed E-state index contributed by atoms with van der Waals surface area (Å²) in [5.74, 6) is 0.201. The Morgan fingerprint density at radius 3 is 2.85 bits per heavy atom. The Kier molecular flexibility index (Phi) is 6.32. The molecule has 34 heavy (non-hydrogen) atoms. The number of aliphatic hydroxyl groups is 2. The molecular weight excluding hydrogens is 483 g/mol. The van der Waals surface area contributed by atoms with Gasteiger partial charge in [0, 0.05) is 24.7 Å². The average molecular weight is 509 g/mol. The lowest BCUT2D eigenvalue weighted by Crippen LogP contribution is -2.48. The van der Waals surface area contributed by atoms with Gasteiger partial charge >= 0.3 is 0 Å². The lowest BCUT2D eigenvalue weighted by Gasteiger charge is -2.33. The Labute approximate surface area is 204 Å². The van der Waals surface area contributed by atoms with Gasteiger partial charge in [0.15, 0.2) is 5.82 Å². The van der Waals surface area contributed by atoms with E-state index in [4.69, 9.17) is 11.6 Å². The van der Waals surface area contributed by atoms with E-state index in [0.29, 0.717) is 42.0 Å². The zero-order chi connectivity index (χ0) is 24.1. The van der Waals surface area contributed by atoms with Crippen LogP contribution in [-0.4, -0.2) is 63.5 Å². The summed E-state index contributed by atoms with van der Waals surface area (Å²) < 4.78 is 29.9. The third-order valence-electron chi connectivity index (χ3n) is 6.66. The number of aryl methyl sites for hydroxylation is 1. The van der Waals surface area contributed by atoms with Gasteiger partial charge in [-0.2, -0.15) is 0 Å². The minimum absolute atomic E-state index is 0.0655. The minimum atomic E-state index is -0.832. The molecular formula is C22H26ClFN6O3S. The fraction of sp³-hybridized carbons (Fsp3) is 0.500. The van der Waals surface area contributed by atoms with E-state index in [1.807, 2.05) is 11.5 Å². The lowest BCUT2D eigenvalue weighted by atomic mass is 9.93. The van der Waals surface area contributed by atoms with Gasteiger partial charge in [-0.15, -0.1) is 0 Å². The number of hydrogen-bond acceptors (Lipinski definition) is 7. The lowest BCUT2D eigenvalue weighted by molar-refractivity contribution is 0.0980. The van der Waals surface area contributed by atoms with Gasteiger partial charge in [0.25, 0.3) is 0 Å². The molecule has 0 radical (unpaired) electrons. The van der Waals surface area contributed by atoms with Crippen LogP contribution in [0.3, 0.4) is 0 Å². The van der Waals surface area contributed by atoms with Crippen LogP contribution in [0.2, 0.25) is 5.02 Å². The van der Waals surface area contributed by atoms with Gasteiger partial charge in [0.05, 0.1) is 46.4 Å². The summed E-state index contributed by atoms with van der Waals surface area (Å²) in [6, 6.07) is 1.14. The van der Waals surface area contributed by atoms with Crippen LogP contribution in [0, 0.1) is 5.82 Å². The standard InChI is InChI=1S/C22H26ClFN6O3S/c1-10-3-4-12-13(7-15(24)19-20(12)30(10)21(27-19)11(2)31)18-14(23)8-25-22(28-18)26-16-5-6-29(34-33)9-17(16)32/h7-8,10-11,16-17,31-32,34H,3-6,9H2,1-2H3,(H,25,26,28)/t10-,11-,16-,17-/m1/s1. The second-order valence-corrected chi connectivity index (χ2v) is 10.1. The van der Waals surface area contributed by atoms with Crippen LogP contribution >= 0.6 is 11.6 Å². The van der Waals surface area contributed by atoms with Gasteiger partial charge in [-0.25, -0.2) is 27.9 Å². The molecule has 0 spiro atoms. The van der Waals surface area contributed by atoms with Crippen LogP contribution in [0.1, 0.15) is 50.2 Å². The molecule has 12 heteroatoms. The number of rotatable bonds is 5. The van der Waals surface area contributed by atoms with Crippen LogP contribution in [0.5, 0.6) is 0 Å². The number of halogens is 2. The van der Waals surface area contributed by atoms with E-state index in [1.54, 1.807) is 11.2 Å². The zero-order valence-electron chi connectivity index (χ0n) is 18.7. The topological polar surface area (TPSA) is 116 Å². The normalized spacial score (nSPS) is 23.9. The second kappa shape index (κ2) is 9.12. The van der Waals surface area contributed by atoms with Crippen LogP contribution < -0.4 is 5.32 Å². The molecule has 5 rings (SSSR count). The molecule has 2 aromatic heterocycles. The van der Waals surface area contributed by atoms with Crippen molar-refractivity contribution in [3.63, 3.8) is 0 Å². The molecule has 0 saturated carbocycles. The van der Waals surface area contributed by atoms with Gasteiger partial charge < -0.3 is 20.1 Å². The van der Waals surface area contributed by atoms with E-state index in [2.05, 4.69) is 20.3 Å². The molecule has 0 amide bonds.